The van der Waals surface area contributed by atoms with Crippen LogP contribution in [0.25, 0.3) is 10.2 Å². The van der Waals surface area contributed by atoms with Gasteiger partial charge >= 0.3 is 0 Å². The summed E-state index contributed by atoms with van der Waals surface area (Å²) >= 11 is 7.77. The maximum Gasteiger partial charge on any atom is 0.0992 e. The number of rotatable bonds is 2. The second-order valence-electron chi connectivity index (χ2n) is 4.57. The molecule has 0 unspecified atom stereocenters. The number of hydrogen-bond donors (Lipinski definition) is 2. The molecular weight excluding hydrogens is 304 g/mol. The average Bonchev–Trinajstić information content (AvgIpc) is 2.80. The highest BCUT2D eigenvalue weighted by molar-refractivity contribution is 7.18. The predicted octanol–water partition coefficient (Wildman–Crippen LogP) is 4.46. The Balaban J connectivity index is 2.01. The van der Waals surface area contributed by atoms with Crippen LogP contribution >= 0.6 is 22.9 Å². The summed E-state index contributed by atoms with van der Waals surface area (Å²) in [4.78, 5) is 4.45. The van der Waals surface area contributed by atoms with Crippen molar-refractivity contribution in [3.05, 3.63) is 45.9 Å². The van der Waals surface area contributed by atoms with Gasteiger partial charge in [0.05, 0.1) is 48.9 Å². The van der Waals surface area contributed by atoms with E-state index < -0.39 is 0 Å². The Kier molecular flexibility index (Phi) is 3.42. The Hall–Kier alpha value is -2.29. The summed E-state index contributed by atoms with van der Waals surface area (Å²) in [6.07, 6.45) is 0. The van der Waals surface area contributed by atoms with Gasteiger partial charge in [-0.05, 0) is 37.3 Å². The van der Waals surface area contributed by atoms with Gasteiger partial charge in [-0.15, -0.1) is 11.3 Å². The minimum Gasteiger partial charge on any atom is -0.397 e. The Bertz CT molecular complexity index is 879. The fourth-order valence-corrected chi connectivity index (χ4v) is 3.13. The van der Waals surface area contributed by atoms with Crippen LogP contribution in [0.1, 0.15) is 10.6 Å². The fraction of sp³-hybridized carbons (Fsp3) is 0.0667. The van der Waals surface area contributed by atoms with Gasteiger partial charge in [-0.2, -0.15) is 5.26 Å². The molecule has 6 heteroatoms. The molecule has 0 amide bonds. The first-order valence-electron chi connectivity index (χ1n) is 6.20. The summed E-state index contributed by atoms with van der Waals surface area (Å²) in [5.74, 6) is 0. The van der Waals surface area contributed by atoms with Crippen molar-refractivity contribution in [2.24, 2.45) is 0 Å². The maximum absolute atomic E-state index is 8.85. The first-order valence-corrected chi connectivity index (χ1v) is 7.39. The van der Waals surface area contributed by atoms with E-state index in [1.54, 1.807) is 29.5 Å². The molecule has 2 aromatic carbocycles. The monoisotopic (exact) mass is 314 g/mol. The molecule has 0 fully saturated rings. The lowest BCUT2D eigenvalue weighted by molar-refractivity contribution is 1.35. The minimum absolute atomic E-state index is 0.475. The molecule has 104 valence electrons. The van der Waals surface area contributed by atoms with E-state index in [-0.39, 0.29) is 0 Å². The molecule has 0 saturated carbocycles. The van der Waals surface area contributed by atoms with Crippen LogP contribution in [0.4, 0.5) is 17.1 Å². The molecule has 1 aromatic heterocycles. The number of aryl methyl sites for hydroxylation is 1. The predicted molar refractivity (Wildman–Crippen MR) is 88.2 cm³/mol. The van der Waals surface area contributed by atoms with Gasteiger partial charge in [-0.1, -0.05) is 11.6 Å². The SMILES string of the molecule is Cc1nc2cc(Nc3ccc(C#N)cc3Cl)c(N)cc2s1. The summed E-state index contributed by atoms with van der Waals surface area (Å²) in [6, 6.07) is 10.9. The molecule has 0 atom stereocenters. The van der Waals surface area contributed by atoms with E-state index >= 15 is 0 Å². The van der Waals surface area contributed by atoms with Gasteiger partial charge in [0, 0.05) is 0 Å². The van der Waals surface area contributed by atoms with E-state index in [1.165, 1.54) is 0 Å². The number of aromatic nitrogens is 1. The van der Waals surface area contributed by atoms with Crippen LogP contribution in [0.3, 0.4) is 0 Å². The number of anilines is 3. The Morgan fingerprint density at radius 3 is 2.81 bits per heavy atom. The van der Waals surface area contributed by atoms with Gasteiger partial charge in [-0.25, -0.2) is 4.98 Å². The van der Waals surface area contributed by atoms with E-state index in [0.29, 0.717) is 22.0 Å². The molecule has 3 aromatic rings. The lowest BCUT2D eigenvalue weighted by Crippen LogP contribution is -1.97. The minimum atomic E-state index is 0.475. The van der Waals surface area contributed by atoms with Crippen LogP contribution in [0.15, 0.2) is 30.3 Å². The number of halogens is 1. The molecule has 0 radical (unpaired) electrons. The number of nitrogens with two attached hydrogens (primary N) is 1. The van der Waals surface area contributed by atoms with E-state index in [9.17, 15) is 0 Å². The summed E-state index contributed by atoms with van der Waals surface area (Å²) < 4.78 is 1.06. The van der Waals surface area contributed by atoms with E-state index in [2.05, 4.69) is 16.4 Å². The van der Waals surface area contributed by atoms with Crippen molar-refractivity contribution in [2.75, 3.05) is 11.1 Å². The third-order valence-electron chi connectivity index (χ3n) is 3.03. The normalized spacial score (nSPS) is 10.5. The van der Waals surface area contributed by atoms with Gasteiger partial charge < -0.3 is 11.1 Å². The van der Waals surface area contributed by atoms with Crippen molar-refractivity contribution in [2.45, 2.75) is 6.92 Å². The zero-order valence-electron chi connectivity index (χ0n) is 11.1. The number of nitrogens with one attached hydrogen (secondary N) is 1. The van der Waals surface area contributed by atoms with Gasteiger partial charge in [0.2, 0.25) is 0 Å². The number of hydrogen-bond acceptors (Lipinski definition) is 5. The van der Waals surface area contributed by atoms with Gasteiger partial charge in [-0.3, -0.25) is 0 Å². The smallest absolute Gasteiger partial charge is 0.0992 e. The van der Waals surface area contributed by atoms with Crippen LogP contribution in [0.2, 0.25) is 5.02 Å². The van der Waals surface area contributed by atoms with Crippen molar-refractivity contribution in [1.29, 1.82) is 5.26 Å². The number of nitrogen functional groups attached to an aromatic ring is 1. The quantitative estimate of drug-likeness (QED) is 0.685. The highest BCUT2D eigenvalue weighted by Crippen LogP contribution is 2.33. The molecule has 4 nitrogen and oxygen atoms in total. The van der Waals surface area contributed by atoms with E-state index in [4.69, 9.17) is 22.6 Å². The topological polar surface area (TPSA) is 74.7 Å². The Morgan fingerprint density at radius 2 is 2.10 bits per heavy atom. The summed E-state index contributed by atoms with van der Waals surface area (Å²) in [5.41, 5.74) is 9.57. The lowest BCUT2D eigenvalue weighted by Gasteiger charge is -2.11. The molecule has 0 aliphatic carbocycles. The maximum atomic E-state index is 8.85. The van der Waals surface area contributed by atoms with Crippen molar-refractivity contribution in [1.82, 2.24) is 4.98 Å². The molecule has 0 spiro atoms. The third-order valence-corrected chi connectivity index (χ3v) is 4.28. The first kappa shape index (κ1) is 13.7. The third kappa shape index (κ3) is 2.64. The first-order chi connectivity index (χ1) is 10.1. The Morgan fingerprint density at radius 1 is 1.29 bits per heavy atom. The largest absolute Gasteiger partial charge is 0.397 e. The molecular formula is C15H11ClN4S. The molecule has 1 heterocycles. The molecule has 3 rings (SSSR count). The van der Waals surface area contributed by atoms with E-state index in [0.717, 1.165) is 20.9 Å². The van der Waals surface area contributed by atoms with E-state index in [1.807, 2.05) is 19.1 Å². The number of nitriles is 1. The van der Waals surface area contributed by atoms with Crippen molar-refractivity contribution < 1.29 is 0 Å². The second kappa shape index (κ2) is 5.24. The lowest BCUT2D eigenvalue weighted by atomic mass is 10.2. The number of nitrogens with zero attached hydrogens (tertiary/aromatic N) is 2. The molecule has 0 aliphatic rings. The standard InChI is InChI=1S/C15H11ClN4S/c1-8-19-14-6-13(11(18)5-15(14)21-8)20-12-3-2-9(7-17)4-10(12)16/h2-6,20H,18H2,1H3. The molecule has 0 saturated heterocycles. The molecule has 0 bridgehead atoms. The highest BCUT2D eigenvalue weighted by Gasteiger charge is 2.08. The average molecular weight is 315 g/mol. The summed E-state index contributed by atoms with van der Waals surface area (Å²) in [5, 5.41) is 13.5. The zero-order valence-corrected chi connectivity index (χ0v) is 12.7. The van der Waals surface area contributed by atoms with Gasteiger partial charge in [0.1, 0.15) is 0 Å². The van der Waals surface area contributed by atoms with Crippen LogP contribution < -0.4 is 11.1 Å². The zero-order chi connectivity index (χ0) is 15.0. The Labute approximate surface area is 130 Å². The summed E-state index contributed by atoms with van der Waals surface area (Å²) in [6.45, 7) is 1.96. The number of thiazole rings is 1. The second-order valence-corrected chi connectivity index (χ2v) is 6.21. The van der Waals surface area contributed by atoms with Crippen LogP contribution in [0.5, 0.6) is 0 Å². The number of benzene rings is 2. The van der Waals surface area contributed by atoms with Crippen LogP contribution in [0, 0.1) is 18.3 Å². The van der Waals surface area contributed by atoms with Crippen LogP contribution in [-0.2, 0) is 0 Å². The fourth-order valence-electron chi connectivity index (χ4n) is 2.04. The highest BCUT2D eigenvalue weighted by atomic mass is 35.5. The molecule has 0 aliphatic heterocycles. The molecule has 21 heavy (non-hydrogen) atoms. The van der Waals surface area contributed by atoms with Gasteiger partial charge in [0.25, 0.3) is 0 Å². The summed E-state index contributed by atoms with van der Waals surface area (Å²) in [7, 11) is 0. The van der Waals surface area contributed by atoms with Crippen LogP contribution in [-0.4, -0.2) is 4.98 Å². The van der Waals surface area contributed by atoms with Crippen molar-refractivity contribution >= 4 is 50.2 Å². The van der Waals surface area contributed by atoms with Gasteiger partial charge in [0.15, 0.2) is 0 Å². The number of fused-ring (bicyclic) bond motifs is 1. The molecule has 3 N–H and O–H groups in total. The van der Waals surface area contributed by atoms with Crippen molar-refractivity contribution in [3.8, 4) is 6.07 Å². The van der Waals surface area contributed by atoms with Crippen molar-refractivity contribution in [3.63, 3.8) is 0 Å².